The van der Waals surface area contributed by atoms with Crippen LogP contribution in [0.1, 0.15) is 17.3 Å². The number of amides is 1. The minimum Gasteiger partial charge on any atom is -0.449 e. The quantitative estimate of drug-likeness (QED) is 0.422. The molecule has 2 N–H and O–H groups in total. The van der Waals surface area contributed by atoms with E-state index < -0.39 is 22.9 Å². The van der Waals surface area contributed by atoms with Crippen molar-refractivity contribution in [3.8, 4) is 0 Å². The lowest BCUT2D eigenvalue weighted by molar-refractivity contribution is -0.384. The molecule has 0 aliphatic carbocycles. The summed E-state index contributed by atoms with van der Waals surface area (Å²) in [5, 5.41) is 16.5. The van der Waals surface area contributed by atoms with E-state index in [1.165, 1.54) is 31.3 Å². The second-order valence-electron chi connectivity index (χ2n) is 5.26. The molecule has 0 unspecified atom stereocenters. The standard InChI is InChI=1S/C16H14Cl2N4O5/c1-8(15(23)21-14-12(18)5-9(17)7-20-14)27-16(24)11-6-10(22(25)26)3-4-13(11)19-2/h3-8,19H,1-2H3,(H,20,21,23)/t8-/m0/s1. The number of nitrogens with one attached hydrogen (secondary N) is 2. The van der Waals surface area contributed by atoms with Gasteiger partial charge in [-0.2, -0.15) is 0 Å². The summed E-state index contributed by atoms with van der Waals surface area (Å²) in [5.74, 6) is -1.53. The molecule has 2 aromatic rings. The van der Waals surface area contributed by atoms with Crippen LogP contribution in [-0.2, 0) is 9.53 Å². The first-order valence-corrected chi connectivity index (χ1v) is 8.27. The summed E-state index contributed by atoms with van der Waals surface area (Å²) < 4.78 is 5.10. The maximum Gasteiger partial charge on any atom is 0.341 e. The van der Waals surface area contributed by atoms with Gasteiger partial charge in [0.15, 0.2) is 11.9 Å². The molecule has 0 spiro atoms. The first-order valence-electron chi connectivity index (χ1n) is 7.52. The molecule has 142 valence electrons. The highest BCUT2D eigenvalue weighted by Gasteiger charge is 2.23. The molecule has 1 amide bonds. The zero-order valence-electron chi connectivity index (χ0n) is 14.2. The van der Waals surface area contributed by atoms with Crippen molar-refractivity contribution in [1.29, 1.82) is 0 Å². The molecule has 1 aromatic heterocycles. The first-order chi connectivity index (χ1) is 12.7. The van der Waals surface area contributed by atoms with Crippen molar-refractivity contribution >= 4 is 52.3 Å². The Labute approximate surface area is 163 Å². The summed E-state index contributed by atoms with van der Waals surface area (Å²) in [4.78, 5) is 38.7. The number of nitro groups is 1. The number of pyridine rings is 1. The van der Waals surface area contributed by atoms with E-state index in [9.17, 15) is 19.7 Å². The lowest BCUT2D eigenvalue weighted by atomic mass is 10.1. The third-order valence-corrected chi connectivity index (χ3v) is 3.90. The smallest absolute Gasteiger partial charge is 0.341 e. The van der Waals surface area contributed by atoms with Gasteiger partial charge in [-0.1, -0.05) is 23.2 Å². The van der Waals surface area contributed by atoms with Gasteiger partial charge < -0.3 is 15.4 Å². The molecule has 0 radical (unpaired) electrons. The summed E-state index contributed by atoms with van der Waals surface area (Å²) in [6, 6.07) is 5.07. The SMILES string of the molecule is CNc1ccc([N+](=O)[O-])cc1C(=O)O[C@@H](C)C(=O)Nc1ncc(Cl)cc1Cl. The van der Waals surface area contributed by atoms with Gasteiger partial charge in [0.2, 0.25) is 0 Å². The lowest BCUT2D eigenvalue weighted by Gasteiger charge is -2.15. The lowest BCUT2D eigenvalue weighted by Crippen LogP contribution is -2.30. The number of esters is 1. The predicted molar refractivity (Wildman–Crippen MR) is 100 cm³/mol. The van der Waals surface area contributed by atoms with E-state index in [4.69, 9.17) is 27.9 Å². The van der Waals surface area contributed by atoms with Crippen molar-refractivity contribution in [2.75, 3.05) is 17.7 Å². The molecular weight excluding hydrogens is 399 g/mol. The van der Waals surface area contributed by atoms with E-state index in [-0.39, 0.29) is 22.1 Å². The van der Waals surface area contributed by atoms with Crippen molar-refractivity contribution in [3.63, 3.8) is 0 Å². The number of carbonyl (C=O) groups is 2. The Balaban J connectivity index is 2.13. The number of rotatable bonds is 6. The van der Waals surface area contributed by atoms with E-state index in [1.54, 1.807) is 7.05 Å². The highest BCUT2D eigenvalue weighted by Crippen LogP contribution is 2.24. The van der Waals surface area contributed by atoms with Gasteiger partial charge in [-0.15, -0.1) is 0 Å². The van der Waals surface area contributed by atoms with Crippen LogP contribution >= 0.6 is 23.2 Å². The summed E-state index contributed by atoms with van der Waals surface area (Å²) in [5.41, 5.74) is -0.0372. The fraction of sp³-hybridized carbons (Fsp3) is 0.188. The van der Waals surface area contributed by atoms with Crippen molar-refractivity contribution in [2.45, 2.75) is 13.0 Å². The third kappa shape index (κ3) is 5.05. The monoisotopic (exact) mass is 412 g/mol. The number of ether oxygens (including phenoxy) is 1. The number of nitrogens with zero attached hydrogens (tertiary/aromatic N) is 2. The van der Waals surface area contributed by atoms with Gasteiger partial charge in [0.05, 0.1) is 20.5 Å². The zero-order chi connectivity index (χ0) is 20.1. The highest BCUT2D eigenvalue weighted by atomic mass is 35.5. The van der Waals surface area contributed by atoms with Crippen LogP contribution < -0.4 is 10.6 Å². The van der Waals surface area contributed by atoms with Crippen LogP contribution in [0.3, 0.4) is 0 Å². The molecule has 0 saturated heterocycles. The van der Waals surface area contributed by atoms with Crippen molar-refractivity contribution < 1.29 is 19.2 Å². The molecular formula is C16H14Cl2N4O5. The summed E-state index contributed by atoms with van der Waals surface area (Å²) in [6.45, 7) is 1.34. The number of anilines is 2. The predicted octanol–water partition coefficient (Wildman–Crippen LogP) is 3.52. The van der Waals surface area contributed by atoms with Crippen molar-refractivity contribution in [3.05, 3.63) is 56.2 Å². The van der Waals surface area contributed by atoms with Gasteiger partial charge in [0, 0.05) is 31.1 Å². The van der Waals surface area contributed by atoms with Gasteiger partial charge in [-0.05, 0) is 19.1 Å². The molecule has 0 bridgehead atoms. The molecule has 11 heteroatoms. The molecule has 0 aliphatic heterocycles. The summed E-state index contributed by atoms with van der Waals surface area (Å²) in [6.07, 6.45) is 0.0807. The fourth-order valence-electron chi connectivity index (χ4n) is 2.04. The van der Waals surface area contributed by atoms with Gasteiger partial charge in [0.25, 0.3) is 11.6 Å². The Bertz CT molecular complexity index is 906. The molecule has 2 rings (SSSR count). The van der Waals surface area contributed by atoms with Crippen LogP contribution in [0.4, 0.5) is 17.2 Å². The Hall–Kier alpha value is -2.91. The number of aromatic nitrogens is 1. The third-order valence-electron chi connectivity index (χ3n) is 3.41. The van der Waals surface area contributed by atoms with E-state index in [1.807, 2.05) is 0 Å². The van der Waals surface area contributed by atoms with Crippen LogP contribution in [0, 0.1) is 10.1 Å². The molecule has 1 aromatic carbocycles. The van der Waals surface area contributed by atoms with Gasteiger partial charge in [-0.3, -0.25) is 14.9 Å². The second-order valence-corrected chi connectivity index (χ2v) is 6.10. The maximum absolute atomic E-state index is 12.4. The molecule has 1 atom stereocenters. The number of carbonyl (C=O) groups excluding carboxylic acids is 2. The average Bonchev–Trinajstić information content (AvgIpc) is 2.63. The summed E-state index contributed by atoms with van der Waals surface area (Å²) in [7, 11) is 1.54. The first kappa shape index (κ1) is 20.4. The average molecular weight is 413 g/mol. The van der Waals surface area contributed by atoms with Crippen LogP contribution in [0.25, 0.3) is 0 Å². The number of hydrogen-bond acceptors (Lipinski definition) is 7. The normalized spacial score (nSPS) is 11.4. The van der Waals surface area contributed by atoms with E-state index in [0.29, 0.717) is 10.7 Å². The van der Waals surface area contributed by atoms with Gasteiger partial charge >= 0.3 is 5.97 Å². The number of nitro benzene ring substituents is 1. The van der Waals surface area contributed by atoms with Gasteiger partial charge in [-0.25, -0.2) is 9.78 Å². The minimum absolute atomic E-state index is 0.0558. The molecule has 9 nitrogen and oxygen atoms in total. The van der Waals surface area contributed by atoms with Crippen molar-refractivity contribution in [1.82, 2.24) is 4.98 Å². The van der Waals surface area contributed by atoms with Crippen LogP contribution in [-0.4, -0.2) is 34.9 Å². The van der Waals surface area contributed by atoms with E-state index >= 15 is 0 Å². The van der Waals surface area contributed by atoms with E-state index in [2.05, 4.69) is 15.6 Å². The zero-order valence-corrected chi connectivity index (χ0v) is 15.7. The second kappa shape index (κ2) is 8.65. The Kier molecular flexibility index (Phi) is 6.54. The van der Waals surface area contributed by atoms with Crippen LogP contribution in [0.2, 0.25) is 10.0 Å². The van der Waals surface area contributed by atoms with Crippen molar-refractivity contribution in [2.24, 2.45) is 0 Å². The topological polar surface area (TPSA) is 123 Å². The number of halogens is 2. The molecule has 0 fully saturated rings. The minimum atomic E-state index is -1.21. The number of hydrogen-bond donors (Lipinski definition) is 2. The van der Waals surface area contributed by atoms with Crippen LogP contribution in [0.5, 0.6) is 0 Å². The molecule has 27 heavy (non-hydrogen) atoms. The maximum atomic E-state index is 12.4. The van der Waals surface area contributed by atoms with E-state index in [0.717, 1.165) is 6.07 Å². The van der Waals surface area contributed by atoms with Gasteiger partial charge in [0.1, 0.15) is 0 Å². The molecule has 0 saturated carbocycles. The number of benzene rings is 1. The number of non-ortho nitro benzene ring substituents is 1. The fourth-order valence-corrected chi connectivity index (χ4v) is 2.46. The largest absolute Gasteiger partial charge is 0.449 e. The molecule has 1 heterocycles. The summed E-state index contributed by atoms with van der Waals surface area (Å²) >= 11 is 11.7. The molecule has 0 aliphatic rings. The Morgan fingerprint density at radius 2 is 2.00 bits per heavy atom. The van der Waals surface area contributed by atoms with Crippen LogP contribution in [0.15, 0.2) is 30.5 Å². The highest BCUT2D eigenvalue weighted by molar-refractivity contribution is 6.36. The Morgan fingerprint density at radius 1 is 1.30 bits per heavy atom. The Morgan fingerprint density at radius 3 is 2.59 bits per heavy atom.